The first-order valence-corrected chi connectivity index (χ1v) is 11.6. The minimum atomic E-state index is -0.474. The van der Waals surface area contributed by atoms with Crippen LogP contribution in [0.15, 0.2) is 76.8 Å². The molecule has 10 nitrogen and oxygen atoms in total. The van der Waals surface area contributed by atoms with Gasteiger partial charge in [0.25, 0.3) is 11.2 Å². The second-order valence-corrected chi connectivity index (χ2v) is 8.64. The first kappa shape index (κ1) is 23.2. The number of thioether (sulfide) groups is 1. The van der Waals surface area contributed by atoms with Gasteiger partial charge in [-0.25, -0.2) is 9.67 Å². The molecule has 11 heteroatoms. The van der Waals surface area contributed by atoms with Gasteiger partial charge < -0.3 is 5.32 Å². The second-order valence-electron chi connectivity index (χ2n) is 7.47. The number of hydrogen-bond acceptors (Lipinski definition) is 7. The van der Waals surface area contributed by atoms with Crippen molar-refractivity contribution >= 4 is 34.4 Å². The van der Waals surface area contributed by atoms with Crippen LogP contribution in [0.25, 0.3) is 11.0 Å². The van der Waals surface area contributed by atoms with Gasteiger partial charge in [-0.15, -0.1) is 11.8 Å². The van der Waals surface area contributed by atoms with Gasteiger partial charge in [-0.1, -0.05) is 30.3 Å². The summed E-state index contributed by atoms with van der Waals surface area (Å²) in [7, 11) is 0. The molecule has 0 radical (unpaired) electrons. The van der Waals surface area contributed by atoms with Crippen LogP contribution in [0.1, 0.15) is 12.0 Å². The molecule has 0 fully saturated rings. The van der Waals surface area contributed by atoms with Crippen LogP contribution in [-0.4, -0.2) is 42.5 Å². The van der Waals surface area contributed by atoms with Crippen molar-refractivity contribution in [3.63, 3.8) is 0 Å². The van der Waals surface area contributed by atoms with E-state index in [4.69, 9.17) is 0 Å². The molecule has 2 aromatic heterocycles. The maximum absolute atomic E-state index is 12.8. The average molecular weight is 479 g/mol. The second kappa shape index (κ2) is 10.8. The van der Waals surface area contributed by atoms with Crippen LogP contribution < -0.4 is 10.9 Å². The number of hydrogen-bond donors (Lipinski definition) is 1. The van der Waals surface area contributed by atoms with Gasteiger partial charge in [0, 0.05) is 35.7 Å². The highest BCUT2D eigenvalue weighted by Crippen LogP contribution is 2.17. The third kappa shape index (κ3) is 5.67. The number of rotatable bonds is 10. The molecule has 0 saturated carbocycles. The van der Waals surface area contributed by atoms with E-state index in [2.05, 4.69) is 15.4 Å². The van der Waals surface area contributed by atoms with Gasteiger partial charge in [-0.3, -0.25) is 24.3 Å². The number of amides is 1. The molecule has 4 rings (SSSR count). The normalized spacial score (nSPS) is 10.9. The zero-order valence-corrected chi connectivity index (χ0v) is 19.0. The summed E-state index contributed by atoms with van der Waals surface area (Å²) in [6.07, 6.45) is 3.26. The SMILES string of the molecule is O=C(CCSc1ccccc1)NCCn1ncc2c(=O)n(Cc3cccc([N+](=O)[O-])c3)cnc21. The Morgan fingerprint density at radius 2 is 1.97 bits per heavy atom. The number of aromatic nitrogens is 4. The molecule has 0 aliphatic carbocycles. The van der Waals surface area contributed by atoms with Crippen LogP contribution in [0, 0.1) is 10.1 Å². The zero-order chi connectivity index (χ0) is 23.9. The quantitative estimate of drug-likeness (QED) is 0.211. The first-order valence-electron chi connectivity index (χ1n) is 10.6. The van der Waals surface area contributed by atoms with E-state index in [0.717, 1.165) is 4.90 Å². The Kier molecular flexibility index (Phi) is 7.33. The molecular formula is C23H22N6O4S. The number of carbonyl (C=O) groups excluding carboxylic acids is 1. The molecule has 2 aromatic carbocycles. The Balaban J connectivity index is 1.33. The van der Waals surface area contributed by atoms with E-state index in [1.807, 2.05) is 30.3 Å². The Hall–Kier alpha value is -3.99. The Morgan fingerprint density at radius 1 is 1.15 bits per heavy atom. The monoisotopic (exact) mass is 478 g/mol. The average Bonchev–Trinajstić information content (AvgIpc) is 3.25. The third-order valence-corrected chi connectivity index (χ3v) is 6.10. The Morgan fingerprint density at radius 3 is 2.76 bits per heavy atom. The number of nitrogens with zero attached hydrogens (tertiary/aromatic N) is 5. The molecular weight excluding hydrogens is 456 g/mol. The van der Waals surface area contributed by atoms with Gasteiger partial charge in [0.15, 0.2) is 5.65 Å². The number of carbonyl (C=O) groups is 1. The number of nitrogens with one attached hydrogen (secondary N) is 1. The van der Waals surface area contributed by atoms with Crippen molar-refractivity contribution < 1.29 is 9.72 Å². The third-order valence-electron chi connectivity index (χ3n) is 5.08. The lowest BCUT2D eigenvalue weighted by Gasteiger charge is -2.08. The molecule has 0 bridgehead atoms. The number of fused-ring (bicyclic) bond motifs is 1. The van der Waals surface area contributed by atoms with E-state index in [-0.39, 0.29) is 23.7 Å². The van der Waals surface area contributed by atoms with E-state index in [1.54, 1.807) is 28.6 Å². The Labute approximate surface area is 198 Å². The molecule has 4 aromatic rings. The molecule has 0 aliphatic rings. The number of benzene rings is 2. The maximum atomic E-state index is 12.8. The molecule has 34 heavy (non-hydrogen) atoms. The highest BCUT2D eigenvalue weighted by atomic mass is 32.2. The standard InChI is InChI=1S/C23H22N6O4S/c30-21(9-12-34-19-7-2-1-3-8-19)24-10-11-28-22-20(14-26-28)23(31)27(16-25-22)15-17-5-4-6-18(13-17)29(32)33/h1-8,13-14,16H,9-12,15H2,(H,24,30). The molecule has 1 amide bonds. The first-order chi connectivity index (χ1) is 16.5. The lowest BCUT2D eigenvalue weighted by Crippen LogP contribution is -2.28. The summed E-state index contributed by atoms with van der Waals surface area (Å²) in [5, 5.41) is 18.4. The maximum Gasteiger partial charge on any atom is 0.269 e. The van der Waals surface area contributed by atoms with Crippen molar-refractivity contribution in [2.24, 2.45) is 0 Å². The predicted molar refractivity (Wildman–Crippen MR) is 129 cm³/mol. The molecule has 0 spiro atoms. The molecule has 0 aliphatic heterocycles. The summed E-state index contributed by atoms with van der Waals surface area (Å²) in [4.78, 5) is 40.9. The lowest BCUT2D eigenvalue weighted by atomic mass is 10.2. The van der Waals surface area contributed by atoms with Crippen molar-refractivity contribution in [2.45, 2.75) is 24.4 Å². The topological polar surface area (TPSA) is 125 Å². The van der Waals surface area contributed by atoms with Crippen molar-refractivity contribution in [1.82, 2.24) is 24.6 Å². The largest absolute Gasteiger partial charge is 0.354 e. The zero-order valence-electron chi connectivity index (χ0n) is 18.2. The highest BCUT2D eigenvalue weighted by Gasteiger charge is 2.12. The van der Waals surface area contributed by atoms with E-state index >= 15 is 0 Å². The molecule has 2 heterocycles. The number of non-ortho nitro benzene ring substituents is 1. The van der Waals surface area contributed by atoms with Crippen LogP contribution in [0.4, 0.5) is 5.69 Å². The Bertz CT molecular complexity index is 1370. The van der Waals surface area contributed by atoms with Crippen LogP contribution >= 0.6 is 11.8 Å². The smallest absolute Gasteiger partial charge is 0.269 e. The van der Waals surface area contributed by atoms with Gasteiger partial charge in [-0.05, 0) is 17.7 Å². The summed E-state index contributed by atoms with van der Waals surface area (Å²) in [6.45, 7) is 0.901. The van der Waals surface area contributed by atoms with Crippen molar-refractivity contribution in [2.75, 3.05) is 12.3 Å². The fraction of sp³-hybridized carbons (Fsp3) is 0.217. The summed E-state index contributed by atoms with van der Waals surface area (Å²) < 4.78 is 2.97. The summed E-state index contributed by atoms with van der Waals surface area (Å²) in [6, 6.07) is 16.0. The lowest BCUT2D eigenvalue weighted by molar-refractivity contribution is -0.384. The van der Waals surface area contributed by atoms with E-state index in [1.165, 1.54) is 29.2 Å². The fourth-order valence-corrected chi connectivity index (χ4v) is 4.28. The number of nitro benzene ring substituents is 1. The molecule has 0 unspecified atom stereocenters. The molecule has 1 N–H and O–H groups in total. The highest BCUT2D eigenvalue weighted by molar-refractivity contribution is 7.99. The molecule has 174 valence electrons. The fourth-order valence-electron chi connectivity index (χ4n) is 3.41. The minimum Gasteiger partial charge on any atom is -0.354 e. The summed E-state index contributed by atoms with van der Waals surface area (Å²) >= 11 is 1.63. The van der Waals surface area contributed by atoms with Gasteiger partial charge in [-0.2, -0.15) is 5.10 Å². The van der Waals surface area contributed by atoms with E-state index in [0.29, 0.717) is 41.9 Å². The van der Waals surface area contributed by atoms with Gasteiger partial charge in [0.2, 0.25) is 5.91 Å². The summed E-state index contributed by atoms with van der Waals surface area (Å²) in [5.74, 6) is 0.638. The van der Waals surface area contributed by atoms with Crippen LogP contribution in [0.5, 0.6) is 0 Å². The van der Waals surface area contributed by atoms with Crippen molar-refractivity contribution in [1.29, 1.82) is 0 Å². The van der Waals surface area contributed by atoms with Crippen molar-refractivity contribution in [3.8, 4) is 0 Å². The van der Waals surface area contributed by atoms with E-state index in [9.17, 15) is 19.7 Å². The van der Waals surface area contributed by atoms with Gasteiger partial charge in [0.1, 0.15) is 11.7 Å². The molecule has 0 atom stereocenters. The van der Waals surface area contributed by atoms with Crippen LogP contribution in [0.3, 0.4) is 0 Å². The molecule has 0 saturated heterocycles. The minimum absolute atomic E-state index is 0.0342. The van der Waals surface area contributed by atoms with Crippen molar-refractivity contribution in [3.05, 3.63) is 93.2 Å². The van der Waals surface area contributed by atoms with Crippen LogP contribution in [-0.2, 0) is 17.9 Å². The van der Waals surface area contributed by atoms with Gasteiger partial charge in [0.05, 0.1) is 24.2 Å². The van der Waals surface area contributed by atoms with Crippen LogP contribution in [0.2, 0.25) is 0 Å². The van der Waals surface area contributed by atoms with Gasteiger partial charge >= 0.3 is 0 Å². The van der Waals surface area contributed by atoms with E-state index < -0.39 is 4.92 Å². The predicted octanol–water partition coefficient (Wildman–Crippen LogP) is 2.85. The summed E-state index contributed by atoms with van der Waals surface area (Å²) in [5.41, 5.74) is 0.727. The number of nitro groups is 1.